The van der Waals surface area contributed by atoms with E-state index in [4.69, 9.17) is 11.6 Å². The maximum atomic E-state index is 13.7. The number of aliphatic hydroxyl groups excluding tert-OH is 1. The largest absolute Gasteiger partial charge is 0.382 e. The normalized spacial score (nSPS) is 12.7. The average Bonchev–Trinajstić information content (AvgIpc) is 2.72. The van der Waals surface area contributed by atoms with Gasteiger partial charge in [0.15, 0.2) is 0 Å². The third kappa shape index (κ3) is 2.43. The summed E-state index contributed by atoms with van der Waals surface area (Å²) in [5.41, 5.74) is 0.650. The summed E-state index contributed by atoms with van der Waals surface area (Å²) >= 11 is 9.12. The molecule has 1 heterocycles. The van der Waals surface area contributed by atoms with Gasteiger partial charge in [-0.15, -0.1) is 0 Å². The molecular formula is C12H11BrClFN2O. The minimum atomic E-state index is -1.11. The van der Waals surface area contributed by atoms with E-state index in [-0.39, 0.29) is 5.56 Å². The van der Waals surface area contributed by atoms with Crippen LogP contribution >= 0.6 is 27.5 Å². The lowest BCUT2D eigenvalue weighted by Crippen LogP contribution is -2.11. The van der Waals surface area contributed by atoms with E-state index in [1.807, 2.05) is 6.92 Å². The smallest absolute Gasteiger partial charge is 0.129 e. The minimum Gasteiger partial charge on any atom is -0.382 e. The summed E-state index contributed by atoms with van der Waals surface area (Å²) in [4.78, 5) is 0. The first-order valence-corrected chi connectivity index (χ1v) is 6.56. The fraction of sp³-hybridized carbons (Fsp3) is 0.250. The van der Waals surface area contributed by atoms with Gasteiger partial charge >= 0.3 is 0 Å². The second-order valence-electron chi connectivity index (χ2n) is 3.76. The molecule has 1 aromatic heterocycles. The molecule has 0 amide bonds. The topological polar surface area (TPSA) is 38.0 Å². The van der Waals surface area contributed by atoms with E-state index in [0.29, 0.717) is 21.7 Å². The summed E-state index contributed by atoms with van der Waals surface area (Å²) in [6.07, 6.45) is 0.463. The number of aliphatic hydroxyl groups is 1. The standard InChI is InChI=1S/C12H11BrClFN2O/c1-2-17-11(9(13)6-16-17)12(18)8-5-7(14)3-4-10(8)15/h3-6,12,18H,2H2,1H3. The van der Waals surface area contributed by atoms with Gasteiger partial charge in [0.05, 0.1) is 16.4 Å². The van der Waals surface area contributed by atoms with Crippen LogP contribution in [0, 0.1) is 5.82 Å². The number of aryl methyl sites for hydroxylation is 1. The van der Waals surface area contributed by atoms with E-state index >= 15 is 0 Å². The molecule has 2 rings (SSSR count). The average molecular weight is 334 g/mol. The van der Waals surface area contributed by atoms with Gasteiger partial charge in [0, 0.05) is 17.1 Å². The molecule has 18 heavy (non-hydrogen) atoms. The monoisotopic (exact) mass is 332 g/mol. The van der Waals surface area contributed by atoms with Crippen molar-refractivity contribution in [2.45, 2.75) is 19.6 Å². The van der Waals surface area contributed by atoms with Crippen LogP contribution in [0.15, 0.2) is 28.9 Å². The van der Waals surface area contributed by atoms with Crippen LogP contribution in [0.3, 0.4) is 0 Å². The first-order chi connectivity index (χ1) is 8.54. The van der Waals surface area contributed by atoms with Crippen molar-refractivity contribution in [3.63, 3.8) is 0 Å². The summed E-state index contributed by atoms with van der Waals surface area (Å²) in [6, 6.07) is 4.10. The highest BCUT2D eigenvalue weighted by molar-refractivity contribution is 9.10. The van der Waals surface area contributed by atoms with Gasteiger partial charge < -0.3 is 5.11 Å². The number of nitrogens with zero attached hydrogens (tertiary/aromatic N) is 2. The third-order valence-corrected chi connectivity index (χ3v) is 3.49. The Morgan fingerprint density at radius 2 is 2.28 bits per heavy atom. The predicted molar refractivity (Wildman–Crippen MR) is 71.1 cm³/mol. The molecule has 0 aliphatic heterocycles. The molecule has 0 bridgehead atoms. The zero-order valence-electron chi connectivity index (χ0n) is 9.57. The number of halogens is 3. The number of benzene rings is 1. The minimum absolute atomic E-state index is 0.137. The molecule has 6 heteroatoms. The van der Waals surface area contributed by atoms with Crippen molar-refractivity contribution < 1.29 is 9.50 Å². The second kappa shape index (κ2) is 5.38. The van der Waals surface area contributed by atoms with Crippen LogP contribution in [0.5, 0.6) is 0 Å². The maximum absolute atomic E-state index is 13.7. The highest BCUT2D eigenvalue weighted by Crippen LogP contribution is 2.31. The molecule has 3 nitrogen and oxygen atoms in total. The molecule has 0 aliphatic rings. The first kappa shape index (κ1) is 13.5. The molecule has 1 aromatic carbocycles. The summed E-state index contributed by atoms with van der Waals surface area (Å²) in [7, 11) is 0. The van der Waals surface area contributed by atoms with Crippen LogP contribution in [-0.2, 0) is 6.54 Å². The van der Waals surface area contributed by atoms with E-state index in [1.165, 1.54) is 18.2 Å². The Kier molecular flexibility index (Phi) is 4.04. The number of hydrogen-bond donors (Lipinski definition) is 1. The molecule has 1 N–H and O–H groups in total. The van der Waals surface area contributed by atoms with E-state index in [1.54, 1.807) is 10.9 Å². The molecule has 0 fully saturated rings. The molecule has 2 aromatic rings. The second-order valence-corrected chi connectivity index (χ2v) is 5.05. The molecule has 1 unspecified atom stereocenters. The fourth-order valence-electron chi connectivity index (χ4n) is 1.77. The van der Waals surface area contributed by atoms with Crippen molar-refractivity contribution in [2.24, 2.45) is 0 Å². The summed E-state index contributed by atoms with van der Waals surface area (Å²) in [5.74, 6) is -0.498. The molecule has 0 aliphatic carbocycles. The molecular weight excluding hydrogens is 322 g/mol. The molecule has 0 saturated heterocycles. The van der Waals surface area contributed by atoms with Crippen molar-refractivity contribution in [3.05, 3.63) is 51.0 Å². The lowest BCUT2D eigenvalue weighted by atomic mass is 10.1. The first-order valence-electron chi connectivity index (χ1n) is 5.38. The third-order valence-electron chi connectivity index (χ3n) is 2.64. The Labute approximate surface area is 117 Å². The zero-order valence-corrected chi connectivity index (χ0v) is 11.9. The predicted octanol–water partition coefficient (Wildman–Crippen LogP) is 3.54. The van der Waals surface area contributed by atoms with Gasteiger partial charge in [-0.1, -0.05) is 11.6 Å². The highest BCUT2D eigenvalue weighted by Gasteiger charge is 2.22. The van der Waals surface area contributed by atoms with Crippen molar-refractivity contribution in [2.75, 3.05) is 0 Å². The van der Waals surface area contributed by atoms with Crippen LogP contribution in [0.25, 0.3) is 0 Å². The van der Waals surface area contributed by atoms with E-state index < -0.39 is 11.9 Å². The van der Waals surface area contributed by atoms with E-state index in [9.17, 15) is 9.50 Å². The number of aromatic nitrogens is 2. The SMILES string of the molecule is CCn1ncc(Br)c1C(O)c1cc(Cl)ccc1F. The molecule has 96 valence electrons. The fourth-order valence-corrected chi connectivity index (χ4v) is 2.46. The Hall–Kier alpha value is -0.910. The zero-order chi connectivity index (χ0) is 13.3. The van der Waals surface area contributed by atoms with Crippen LogP contribution in [0.2, 0.25) is 5.02 Å². The Morgan fingerprint density at radius 3 is 2.94 bits per heavy atom. The summed E-state index contributed by atoms with van der Waals surface area (Å²) in [5, 5.41) is 14.8. The van der Waals surface area contributed by atoms with Crippen molar-refractivity contribution in [1.29, 1.82) is 0 Å². The lowest BCUT2D eigenvalue weighted by Gasteiger charge is -2.14. The highest BCUT2D eigenvalue weighted by atomic mass is 79.9. The number of hydrogen-bond acceptors (Lipinski definition) is 2. The Morgan fingerprint density at radius 1 is 1.56 bits per heavy atom. The van der Waals surface area contributed by atoms with Gasteiger partial charge in [0.25, 0.3) is 0 Å². The van der Waals surface area contributed by atoms with Gasteiger partial charge in [0.2, 0.25) is 0 Å². The molecule has 0 radical (unpaired) electrons. The van der Waals surface area contributed by atoms with E-state index in [2.05, 4.69) is 21.0 Å². The quantitative estimate of drug-likeness (QED) is 0.933. The van der Waals surface area contributed by atoms with Gasteiger partial charge in [0.1, 0.15) is 11.9 Å². The summed E-state index contributed by atoms with van der Waals surface area (Å²) in [6.45, 7) is 2.48. The van der Waals surface area contributed by atoms with Gasteiger partial charge in [-0.25, -0.2) is 4.39 Å². The lowest BCUT2D eigenvalue weighted by molar-refractivity contribution is 0.202. The number of rotatable bonds is 3. The summed E-state index contributed by atoms with van der Waals surface area (Å²) < 4.78 is 16.0. The van der Waals surface area contributed by atoms with Crippen molar-refractivity contribution in [1.82, 2.24) is 9.78 Å². The van der Waals surface area contributed by atoms with Gasteiger partial charge in [-0.05, 0) is 41.1 Å². The maximum Gasteiger partial charge on any atom is 0.129 e. The van der Waals surface area contributed by atoms with Gasteiger partial charge in [-0.2, -0.15) is 5.10 Å². The van der Waals surface area contributed by atoms with Gasteiger partial charge in [-0.3, -0.25) is 4.68 Å². The Balaban J connectivity index is 2.50. The van der Waals surface area contributed by atoms with Crippen molar-refractivity contribution in [3.8, 4) is 0 Å². The van der Waals surface area contributed by atoms with Crippen molar-refractivity contribution >= 4 is 27.5 Å². The van der Waals surface area contributed by atoms with Crippen LogP contribution in [-0.4, -0.2) is 14.9 Å². The van der Waals surface area contributed by atoms with Crippen LogP contribution < -0.4 is 0 Å². The molecule has 0 saturated carbocycles. The molecule has 1 atom stereocenters. The Bertz CT molecular complexity index is 573. The van der Waals surface area contributed by atoms with Crippen LogP contribution in [0.4, 0.5) is 4.39 Å². The molecule has 0 spiro atoms. The van der Waals surface area contributed by atoms with Crippen LogP contribution in [0.1, 0.15) is 24.3 Å². The van der Waals surface area contributed by atoms with E-state index in [0.717, 1.165) is 0 Å².